The largest absolute Gasteiger partial charge is 0.486 e. The van der Waals surface area contributed by atoms with Crippen molar-refractivity contribution in [2.45, 2.75) is 26.4 Å². The van der Waals surface area contributed by atoms with Gasteiger partial charge >= 0.3 is 6.09 Å². The molecule has 0 saturated carbocycles. The van der Waals surface area contributed by atoms with Crippen LogP contribution in [0, 0.1) is 0 Å². The van der Waals surface area contributed by atoms with Gasteiger partial charge in [0, 0.05) is 0 Å². The minimum absolute atomic E-state index is 0.0835. The van der Waals surface area contributed by atoms with E-state index in [4.69, 9.17) is 9.47 Å². The lowest BCUT2D eigenvalue weighted by molar-refractivity contribution is -0.120. The second-order valence-electron chi connectivity index (χ2n) is 5.00. The number of Topliss-reactive ketones (excluding diaryl/α,β-unsaturated/α-hetero) is 1. The third-order valence-electron chi connectivity index (χ3n) is 1.97. The molecule has 0 atom stereocenters. The van der Waals surface area contributed by atoms with Gasteiger partial charge in [-0.25, -0.2) is 4.79 Å². The molecule has 0 aliphatic rings. The molecule has 1 aromatic rings. The number of para-hydroxylation sites is 1. The van der Waals surface area contributed by atoms with Crippen molar-refractivity contribution in [2.24, 2.45) is 0 Å². The van der Waals surface area contributed by atoms with Crippen LogP contribution in [0.15, 0.2) is 30.3 Å². The van der Waals surface area contributed by atoms with Crippen LogP contribution in [0.5, 0.6) is 5.75 Å². The highest BCUT2D eigenvalue weighted by Crippen LogP contribution is 2.08. The predicted octanol–water partition coefficient (Wildman–Crippen LogP) is 2.16. The second kappa shape index (κ2) is 6.78. The van der Waals surface area contributed by atoms with Crippen LogP contribution in [0.1, 0.15) is 20.8 Å². The molecule has 0 bridgehead atoms. The molecule has 0 spiro atoms. The van der Waals surface area contributed by atoms with Crippen LogP contribution in [0.4, 0.5) is 4.79 Å². The predicted molar refractivity (Wildman–Crippen MR) is 71.2 cm³/mol. The number of carbonyl (C=O) groups excluding carboxylic acids is 2. The summed E-state index contributed by atoms with van der Waals surface area (Å²) in [5.74, 6) is 0.392. The zero-order valence-corrected chi connectivity index (χ0v) is 11.4. The Morgan fingerprint density at radius 1 is 1.16 bits per heavy atom. The maximum atomic E-state index is 11.5. The summed E-state index contributed by atoms with van der Waals surface area (Å²) >= 11 is 0. The number of hydrogen-bond donors (Lipinski definition) is 1. The second-order valence-corrected chi connectivity index (χ2v) is 5.00. The summed E-state index contributed by atoms with van der Waals surface area (Å²) in [4.78, 5) is 22.8. The van der Waals surface area contributed by atoms with Gasteiger partial charge in [0.05, 0.1) is 6.54 Å². The summed E-state index contributed by atoms with van der Waals surface area (Å²) in [6.07, 6.45) is -0.611. The van der Waals surface area contributed by atoms with Crippen LogP contribution in [-0.4, -0.2) is 30.6 Å². The maximum absolute atomic E-state index is 11.5. The van der Waals surface area contributed by atoms with E-state index in [1.807, 2.05) is 18.2 Å². The van der Waals surface area contributed by atoms with E-state index in [9.17, 15) is 9.59 Å². The van der Waals surface area contributed by atoms with Gasteiger partial charge in [-0.1, -0.05) is 18.2 Å². The fraction of sp³-hybridized carbons (Fsp3) is 0.429. The third-order valence-corrected chi connectivity index (χ3v) is 1.97. The molecule has 0 aliphatic carbocycles. The number of ether oxygens (including phenoxy) is 2. The molecule has 104 valence electrons. The van der Waals surface area contributed by atoms with Crippen molar-refractivity contribution in [1.29, 1.82) is 0 Å². The monoisotopic (exact) mass is 265 g/mol. The Morgan fingerprint density at radius 2 is 1.79 bits per heavy atom. The van der Waals surface area contributed by atoms with Crippen molar-refractivity contribution >= 4 is 11.9 Å². The fourth-order valence-corrected chi connectivity index (χ4v) is 1.22. The van der Waals surface area contributed by atoms with Gasteiger partial charge in [0.2, 0.25) is 0 Å². The van der Waals surface area contributed by atoms with Crippen LogP contribution in [-0.2, 0) is 9.53 Å². The maximum Gasteiger partial charge on any atom is 0.408 e. The van der Waals surface area contributed by atoms with Crippen molar-refractivity contribution in [3.63, 3.8) is 0 Å². The molecule has 19 heavy (non-hydrogen) atoms. The van der Waals surface area contributed by atoms with E-state index in [1.54, 1.807) is 32.9 Å². The Labute approximate surface area is 112 Å². The Hall–Kier alpha value is -2.04. The number of rotatable bonds is 5. The van der Waals surface area contributed by atoms with Gasteiger partial charge in [0.15, 0.2) is 5.78 Å². The highest BCUT2D eigenvalue weighted by Gasteiger charge is 2.16. The van der Waals surface area contributed by atoms with Gasteiger partial charge in [-0.2, -0.15) is 0 Å². The summed E-state index contributed by atoms with van der Waals surface area (Å²) in [5, 5.41) is 2.38. The zero-order chi connectivity index (χ0) is 14.3. The van der Waals surface area contributed by atoms with Crippen molar-refractivity contribution in [3.8, 4) is 5.75 Å². The van der Waals surface area contributed by atoms with Crippen LogP contribution in [0.3, 0.4) is 0 Å². The first-order valence-corrected chi connectivity index (χ1v) is 6.03. The summed E-state index contributed by atoms with van der Waals surface area (Å²) in [6.45, 7) is 5.08. The molecule has 5 nitrogen and oxygen atoms in total. The molecule has 1 N–H and O–H groups in total. The molecule has 0 heterocycles. The van der Waals surface area contributed by atoms with Crippen molar-refractivity contribution < 1.29 is 19.1 Å². The van der Waals surface area contributed by atoms with Gasteiger partial charge in [0.25, 0.3) is 0 Å². The molecule has 1 amide bonds. The molecule has 0 saturated heterocycles. The van der Waals surface area contributed by atoms with Crippen molar-refractivity contribution in [2.75, 3.05) is 13.2 Å². The molecular weight excluding hydrogens is 246 g/mol. The van der Waals surface area contributed by atoms with Gasteiger partial charge in [-0.3, -0.25) is 4.79 Å². The van der Waals surface area contributed by atoms with Crippen LogP contribution >= 0.6 is 0 Å². The minimum Gasteiger partial charge on any atom is -0.486 e. The molecule has 5 heteroatoms. The van der Waals surface area contributed by atoms with Crippen molar-refractivity contribution in [1.82, 2.24) is 5.32 Å². The fourth-order valence-electron chi connectivity index (χ4n) is 1.22. The lowest BCUT2D eigenvalue weighted by Gasteiger charge is -2.19. The number of alkyl carbamates (subject to hydrolysis) is 1. The number of carbonyl (C=O) groups is 2. The normalized spacial score (nSPS) is 10.7. The lowest BCUT2D eigenvalue weighted by atomic mass is 10.2. The minimum atomic E-state index is -0.611. The van der Waals surface area contributed by atoms with Gasteiger partial charge in [-0.05, 0) is 32.9 Å². The van der Waals surface area contributed by atoms with E-state index in [2.05, 4.69) is 5.32 Å². The number of benzene rings is 1. The number of ketones is 1. The molecule has 0 unspecified atom stereocenters. The standard InChI is InChI=1S/C14H19NO4/c1-14(2,3)19-13(17)15-9-11(16)10-18-12-7-5-4-6-8-12/h4-8H,9-10H2,1-3H3,(H,15,17). The average molecular weight is 265 g/mol. The third kappa shape index (κ3) is 7.08. The average Bonchev–Trinajstić information content (AvgIpc) is 2.33. The van der Waals surface area contributed by atoms with Gasteiger partial charge < -0.3 is 14.8 Å². The van der Waals surface area contributed by atoms with E-state index < -0.39 is 11.7 Å². The zero-order valence-electron chi connectivity index (χ0n) is 11.4. The molecule has 0 aliphatic heterocycles. The molecule has 1 aromatic carbocycles. The Bertz CT molecular complexity index is 423. The van der Waals surface area contributed by atoms with Crippen molar-refractivity contribution in [3.05, 3.63) is 30.3 Å². The van der Waals surface area contributed by atoms with Gasteiger partial charge in [-0.15, -0.1) is 0 Å². The summed E-state index contributed by atoms with van der Waals surface area (Å²) in [7, 11) is 0. The number of hydrogen-bond acceptors (Lipinski definition) is 4. The molecule has 1 rings (SSSR count). The number of nitrogens with one attached hydrogen (secondary N) is 1. The van der Waals surface area contributed by atoms with E-state index in [1.165, 1.54) is 0 Å². The van der Waals surface area contributed by atoms with Gasteiger partial charge in [0.1, 0.15) is 18.0 Å². The van der Waals surface area contributed by atoms with Crippen LogP contribution in [0.2, 0.25) is 0 Å². The SMILES string of the molecule is CC(C)(C)OC(=O)NCC(=O)COc1ccccc1. The first kappa shape index (κ1) is 15.0. The molecule has 0 radical (unpaired) electrons. The highest BCUT2D eigenvalue weighted by atomic mass is 16.6. The van der Waals surface area contributed by atoms with E-state index in [-0.39, 0.29) is 18.9 Å². The Morgan fingerprint density at radius 3 is 2.37 bits per heavy atom. The first-order valence-electron chi connectivity index (χ1n) is 6.03. The van der Waals surface area contributed by atoms with Crippen LogP contribution in [0.25, 0.3) is 0 Å². The van der Waals surface area contributed by atoms with E-state index in [0.717, 1.165) is 0 Å². The molecule has 0 fully saturated rings. The molecular formula is C14H19NO4. The van der Waals surface area contributed by atoms with E-state index in [0.29, 0.717) is 5.75 Å². The Kier molecular flexibility index (Phi) is 5.36. The quantitative estimate of drug-likeness (QED) is 0.886. The highest BCUT2D eigenvalue weighted by molar-refractivity contribution is 5.85. The smallest absolute Gasteiger partial charge is 0.408 e. The van der Waals surface area contributed by atoms with Crippen LogP contribution < -0.4 is 10.1 Å². The summed E-state index contributed by atoms with van der Waals surface area (Å²) in [5.41, 5.74) is -0.576. The topological polar surface area (TPSA) is 64.6 Å². The lowest BCUT2D eigenvalue weighted by Crippen LogP contribution is -2.36. The first-order chi connectivity index (χ1) is 8.87. The molecule has 0 aromatic heterocycles. The van der Waals surface area contributed by atoms with E-state index >= 15 is 0 Å². The summed E-state index contributed by atoms with van der Waals surface area (Å²) in [6, 6.07) is 9.01. The Balaban J connectivity index is 2.23. The summed E-state index contributed by atoms with van der Waals surface area (Å²) < 4.78 is 10.3. The number of amides is 1.